The van der Waals surface area contributed by atoms with Crippen LogP contribution in [0.1, 0.15) is 55.9 Å². The van der Waals surface area contributed by atoms with E-state index in [4.69, 9.17) is 4.98 Å². The molecule has 0 aliphatic rings. The van der Waals surface area contributed by atoms with E-state index in [1.54, 1.807) is 0 Å². The Kier molecular flexibility index (Phi) is 5.08. The van der Waals surface area contributed by atoms with Crippen LogP contribution in [0.2, 0.25) is 0 Å². The zero-order valence-electron chi connectivity index (χ0n) is 23.6. The second kappa shape index (κ2) is 8.09. The molecule has 2 nitrogen and oxygen atoms in total. The van der Waals surface area contributed by atoms with Gasteiger partial charge in [-0.05, 0) is 82.8 Å². The molecule has 0 aliphatic carbocycles. The first-order valence-corrected chi connectivity index (χ1v) is 13.9. The third kappa shape index (κ3) is 3.33. The standard InChI is InChI=1S/C35H31F3N2/c1-18(2)23-13-19(3)29-20(4)32-27(16-24(29)15-23)31-30-22(11-12-39-31)8-10-26-25-9-7-21(14-28(25)40(32)33(26)30)17-34(5,6)35(36,37)38/h7-16,18H,17H2,1-6H3. The predicted octanol–water partition coefficient (Wildman–Crippen LogP) is 10.4. The Bertz CT molecular complexity index is 2150. The fraction of sp³-hybridized carbons (Fsp3) is 0.286. The zero-order chi connectivity index (χ0) is 28.3. The second-order valence-electron chi connectivity index (χ2n) is 12.5. The quantitative estimate of drug-likeness (QED) is 0.162. The highest BCUT2D eigenvalue weighted by atomic mass is 19.4. The van der Waals surface area contributed by atoms with E-state index in [1.165, 1.54) is 35.7 Å². The van der Waals surface area contributed by atoms with Crippen LogP contribution in [0.25, 0.3) is 59.8 Å². The minimum atomic E-state index is -4.29. The molecular weight excluding hydrogens is 505 g/mol. The Labute approximate surface area is 230 Å². The van der Waals surface area contributed by atoms with Crippen molar-refractivity contribution >= 4 is 59.8 Å². The van der Waals surface area contributed by atoms with Crippen molar-refractivity contribution in [1.82, 2.24) is 9.38 Å². The number of alkyl halides is 3. The monoisotopic (exact) mass is 536 g/mol. The van der Waals surface area contributed by atoms with Gasteiger partial charge in [0.15, 0.2) is 0 Å². The molecule has 0 fully saturated rings. The Hall–Kier alpha value is -3.86. The van der Waals surface area contributed by atoms with Crippen LogP contribution in [0, 0.1) is 19.3 Å². The van der Waals surface area contributed by atoms with E-state index in [1.807, 2.05) is 30.5 Å². The van der Waals surface area contributed by atoms with Gasteiger partial charge in [-0.3, -0.25) is 4.98 Å². The van der Waals surface area contributed by atoms with E-state index in [9.17, 15) is 13.2 Å². The summed E-state index contributed by atoms with van der Waals surface area (Å²) in [5.41, 5.74) is 6.59. The Morgan fingerprint density at radius 2 is 1.55 bits per heavy atom. The summed E-state index contributed by atoms with van der Waals surface area (Å²) >= 11 is 0. The molecule has 0 N–H and O–H groups in total. The van der Waals surface area contributed by atoms with Gasteiger partial charge >= 0.3 is 6.18 Å². The van der Waals surface area contributed by atoms with Crippen molar-refractivity contribution in [3.05, 3.63) is 83.0 Å². The summed E-state index contributed by atoms with van der Waals surface area (Å²) in [6.07, 6.45) is -2.49. The van der Waals surface area contributed by atoms with Crippen molar-refractivity contribution in [3.63, 3.8) is 0 Å². The normalized spacial score (nSPS) is 13.4. The number of benzene rings is 4. The summed E-state index contributed by atoms with van der Waals surface area (Å²) < 4.78 is 43.8. The molecule has 0 amide bonds. The third-order valence-electron chi connectivity index (χ3n) is 8.95. The molecule has 0 radical (unpaired) electrons. The van der Waals surface area contributed by atoms with E-state index >= 15 is 0 Å². The van der Waals surface area contributed by atoms with Crippen LogP contribution in [-0.2, 0) is 6.42 Å². The number of fused-ring (bicyclic) bond motifs is 7. The molecule has 5 heteroatoms. The molecule has 7 rings (SSSR count). The number of hydrogen-bond acceptors (Lipinski definition) is 1. The van der Waals surface area contributed by atoms with Crippen molar-refractivity contribution in [2.75, 3.05) is 0 Å². The second-order valence-corrected chi connectivity index (χ2v) is 12.5. The number of hydrogen-bond donors (Lipinski definition) is 0. The molecule has 0 unspecified atom stereocenters. The smallest absolute Gasteiger partial charge is 0.308 e. The van der Waals surface area contributed by atoms with Gasteiger partial charge in [-0.15, -0.1) is 0 Å². The Morgan fingerprint density at radius 1 is 0.800 bits per heavy atom. The first kappa shape index (κ1) is 25.1. The van der Waals surface area contributed by atoms with Gasteiger partial charge in [0, 0.05) is 27.7 Å². The van der Waals surface area contributed by atoms with Crippen LogP contribution in [-0.4, -0.2) is 15.6 Å². The molecule has 3 heterocycles. The molecule has 7 aromatic rings. The van der Waals surface area contributed by atoms with Crippen molar-refractivity contribution in [1.29, 1.82) is 0 Å². The number of rotatable bonds is 3. The number of pyridine rings is 2. The van der Waals surface area contributed by atoms with E-state index < -0.39 is 11.6 Å². The zero-order valence-corrected chi connectivity index (χ0v) is 23.6. The third-order valence-corrected chi connectivity index (χ3v) is 8.95. The molecule has 0 spiro atoms. The van der Waals surface area contributed by atoms with Gasteiger partial charge in [-0.25, -0.2) is 0 Å². The summed E-state index contributed by atoms with van der Waals surface area (Å²) in [6, 6.07) is 19.0. The lowest BCUT2D eigenvalue weighted by atomic mass is 9.85. The summed E-state index contributed by atoms with van der Waals surface area (Å²) in [5, 5.41) is 7.81. The molecule has 0 saturated heterocycles. The van der Waals surface area contributed by atoms with E-state index in [-0.39, 0.29) is 6.42 Å². The average molecular weight is 537 g/mol. The van der Waals surface area contributed by atoms with Gasteiger partial charge in [-0.1, -0.05) is 64.1 Å². The fourth-order valence-electron chi connectivity index (χ4n) is 6.78. The predicted molar refractivity (Wildman–Crippen MR) is 161 cm³/mol. The highest BCUT2D eigenvalue weighted by Crippen LogP contribution is 2.45. The molecule has 3 aromatic heterocycles. The highest BCUT2D eigenvalue weighted by Gasteiger charge is 2.47. The van der Waals surface area contributed by atoms with Crippen molar-refractivity contribution in [2.45, 2.75) is 60.1 Å². The summed E-state index contributed by atoms with van der Waals surface area (Å²) in [7, 11) is 0. The molecular formula is C35H31F3N2. The Balaban J connectivity index is 1.69. The number of aromatic nitrogens is 2. The fourth-order valence-corrected chi connectivity index (χ4v) is 6.78. The Morgan fingerprint density at radius 3 is 2.27 bits per heavy atom. The summed E-state index contributed by atoms with van der Waals surface area (Å²) in [6.45, 7) is 11.3. The van der Waals surface area contributed by atoms with E-state index in [0.717, 1.165) is 54.6 Å². The molecule has 0 atom stereocenters. The maximum absolute atomic E-state index is 13.8. The maximum Gasteiger partial charge on any atom is 0.394 e. The van der Waals surface area contributed by atoms with Gasteiger partial charge in [0.1, 0.15) is 0 Å². The first-order valence-electron chi connectivity index (χ1n) is 13.9. The van der Waals surface area contributed by atoms with E-state index in [0.29, 0.717) is 11.5 Å². The first-order chi connectivity index (χ1) is 18.9. The molecule has 0 saturated carbocycles. The van der Waals surface area contributed by atoms with Crippen LogP contribution in [0.4, 0.5) is 13.2 Å². The average Bonchev–Trinajstić information content (AvgIpc) is 3.21. The van der Waals surface area contributed by atoms with Crippen molar-refractivity contribution in [3.8, 4) is 0 Å². The van der Waals surface area contributed by atoms with Gasteiger partial charge in [-0.2, -0.15) is 13.2 Å². The van der Waals surface area contributed by atoms with Crippen LogP contribution in [0.3, 0.4) is 0 Å². The van der Waals surface area contributed by atoms with Gasteiger partial charge < -0.3 is 4.40 Å². The number of nitrogens with zero attached hydrogens (tertiary/aromatic N) is 2. The van der Waals surface area contributed by atoms with Crippen LogP contribution in [0.5, 0.6) is 0 Å². The lowest BCUT2D eigenvalue weighted by Gasteiger charge is -2.27. The topological polar surface area (TPSA) is 17.3 Å². The van der Waals surface area contributed by atoms with Crippen molar-refractivity contribution in [2.24, 2.45) is 5.41 Å². The SMILES string of the molecule is Cc1cc(C(C)C)cc2cc3c4nccc5ccc6c7ccc(CC(C)(C)C(F)(F)F)cc7n(c3c(C)c12)c6c54. The largest absolute Gasteiger partial charge is 0.394 e. The summed E-state index contributed by atoms with van der Waals surface area (Å²) in [4.78, 5) is 4.91. The summed E-state index contributed by atoms with van der Waals surface area (Å²) in [5.74, 6) is 0.411. The van der Waals surface area contributed by atoms with Crippen LogP contribution in [0.15, 0.2) is 60.8 Å². The van der Waals surface area contributed by atoms with Gasteiger partial charge in [0.25, 0.3) is 0 Å². The molecule has 4 aromatic carbocycles. The maximum atomic E-state index is 13.8. The van der Waals surface area contributed by atoms with E-state index in [2.05, 4.69) is 62.4 Å². The molecule has 40 heavy (non-hydrogen) atoms. The van der Waals surface area contributed by atoms with Crippen LogP contribution < -0.4 is 0 Å². The van der Waals surface area contributed by atoms with Crippen molar-refractivity contribution < 1.29 is 13.2 Å². The minimum absolute atomic E-state index is 0.0812. The lowest BCUT2D eigenvalue weighted by molar-refractivity contribution is -0.211. The molecule has 0 aliphatic heterocycles. The number of aryl methyl sites for hydroxylation is 2. The number of halogens is 3. The molecule has 0 bridgehead atoms. The molecule has 202 valence electrons. The van der Waals surface area contributed by atoms with Gasteiger partial charge in [0.2, 0.25) is 0 Å². The lowest BCUT2D eigenvalue weighted by Crippen LogP contribution is -2.34. The highest BCUT2D eigenvalue weighted by molar-refractivity contribution is 6.29. The van der Waals surface area contributed by atoms with Gasteiger partial charge in [0.05, 0.1) is 27.5 Å². The van der Waals surface area contributed by atoms with Crippen LogP contribution >= 0.6 is 0 Å². The minimum Gasteiger partial charge on any atom is -0.308 e.